The lowest BCUT2D eigenvalue weighted by Gasteiger charge is -2.28. The Kier molecular flexibility index (Phi) is 4.98. The third-order valence-corrected chi connectivity index (χ3v) is 4.10. The van der Waals surface area contributed by atoms with Crippen molar-refractivity contribution >= 4 is 5.96 Å². The van der Waals surface area contributed by atoms with Crippen LogP contribution in [0.2, 0.25) is 0 Å². The van der Waals surface area contributed by atoms with Crippen LogP contribution < -0.4 is 10.6 Å². The average molecular weight is 278 g/mol. The molecule has 0 aliphatic heterocycles. The van der Waals surface area contributed by atoms with Crippen molar-refractivity contribution in [1.82, 2.24) is 25.4 Å². The van der Waals surface area contributed by atoms with Crippen molar-refractivity contribution in [2.24, 2.45) is 18.0 Å². The molecule has 1 aliphatic carbocycles. The first-order chi connectivity index (χ1) is 9.60. The molecule has 1 aromatic heterocycles. The molecular weight excluding hydrogens is 252 g/mol. The molecule has 2 rings (SSSR count). The molecule has 0 radical (unpaired) electrons. The maximum absolute atomic E-state index is 4.30. The Morgan fingerprint density at radius 1 is 1.40 bits per heavy atom. The second-order valence-corrected chi connectivity index (χ2v) is 5.76. The van der Waals surface area contributed by atoms with Gasteiger partial charge in [-0.1, -0.05) is 19.8 Å². The van der Waals surface area contributed by atoms with Gasteiger partial charge in [-0.05, 0) is 25.7 Å². The van der Waals surface area contributed by atoms with Crippen LogP contribution in [0, 0.1) is 12.8 Å². The molecule has 2 unspecified atom stereocenters. The molecule has 20 heavy (non-hydrogen) atoms. The number of aryl methyl sites for hydroxylation is 1. The molecule has 1 heterocycles. The van der Waals surface area contributed by atoms with Crippen LogP contribution in [0.3, 0.4) is 0 Å². The number of aliphatic imine (C=N–C) groups is 1. The second kappa shape index (κ2) is 6.72. The first-order valence-corrected chi connectivity index (χ1v) is 7.42. The van der Waals surface area contributed by atoms with Crippen LogP contribution >= 0.6 is 0 Å². The summed E-state index contributed by atoms with van der Waals surface area (Å²) >= 11 is 0. The van der Waals surface area contributed by atoms with Crippen LogP contribution in [0.4, 0.5) is 0 Å². The van der Waals surface area contributed by atoms with E-state index in [1.165, 1.54) is 25.7 Å². The van der Waals surface area contributed by atoms with E-state index in [1.54, 1.807) is 0 Å². The van der Waals surface area contributed by atoms with Gasteiger partial charge in [-0.15, -0.1) is 10.2 Å². The summed E-state index contributed by atoms with van der Waals surface area (Å²) in [4.78, 5) is 4.30. The highest BCUT2D eigenvalue weighted by atomic mass is 15.3. The van der Waals surface area contributed by atoms with Crippen molar-refractivity contribution in [2.75, 3.05) is 7.05 Å². The van der Waals surface area contributed by atoms with Crippen molar-refractivity contribution in [3.8, 4) is 0 Å². The summed E-state index contributed by atoms with van der Waals surface area (Å²) in [5, 5.41) is 15.0. The molecule has 2 N–H and O–H groups in total. The number of nitrogens with zero attached hydrogens (tertiary/aromatic N) is 4. The van der Waals surface area contributed by atoms with E-state index in [0.717, 1.165) is 23.5 Å². The van der Waals surface area contributed by atoms with Gasteiger partial charge in [-0.3, -0.25) is 4.99 Å². The number of aromatic nitrogens is 3. The van der Waals surface area contributed by atoms with E-state index in [1.807, 2.05) is 25.6 Å². The van der Waals surface area contributed by atoms with Gasteiger partial charge in [0.05, 0.1) is 6.54 Å². The fourth-order valence-electron chi connectivity index (χ4n) is 2.72. The van der Waals surface area contributed by atoms with Gasteiger partial charge in [0.2, 0.25) is 0 Å². The molecule has 1 aliphatic rings. The van der Waals surface area contributed by atoms with Crippen molar-refractivity contribution in [3.05, 3.63) is 11.6 Å². The van der Waals surface area contributed by atoms with Crippen molar-refractivity contribution in [2.45, 2.75) is 52.1 Å². The molecule has 112 valence electrons. The maximum Gasteiger partial charge on any atom is 0.191 e. The summed E-state index contributed by atoms with van der Waals surface area (Å²) in [5.41, 5.74) is 0. The molecule has 1 saturated carbocycles. The minimum absolute atomic E-state index is 0.534. The van der Waals surface area contributed by atoms with E-state index in [4.69, 9.17) is 0 Å². The summed E-state index contributed by atoms with van der Waals surface area (Å²) in [6.07, 6.45) is 5.11. The highest BCUT2D eigenvalue weighted by Crippen LogP contribution is 2.23. The monoisotopic (exact) mass is 278 g/mol. The zero-order chi connectivity index (χ0) is 14.5. The molecule has 1 aromatic rings. The lowest BCUT2D eigenvalue weighted by atomic mass is 9.87. The number of rotatable bonds is 3. The van der Waals surface area contributed by atoms with Gasteiger partial charge < -0.3 is 15.2 Å². The zero-order valence-corrected chi connectivity index (χ0v) is 13.0. The second-order valence-electron chi connectivity index (χ2n) is 5.76. The number of hydrogen-bond acceptors (Lipinski definition) is 3. The Bertz CT molecular complexity index is 464. The molecule has 1 fully saturated rings. The van der Waals surface area contributed by atoms with Crippen molar-refractivity contribution < 1.29 is 0 Å². The van der Waals surface area contributed by atoms with Crippen LogP contribution in [-0.4, -0.2) is 33.8 Å². The number of hydrogen-bond donors (Lipinski definition) is 2. The lowest BCUT2D eigenvalue weighted by Crippen LogP contribution is -2.45. The summed E-state index contributed by atoms with van der Waals surface area (Å²) in [6, 6.07) is 0.534. The number of nitrogens with one attached hydrogen (secondary N) is 2. The molecule has 0 saturated heterocycles. The van der Waals surface area contributed by atoms with Gasteiger partial charge in [-0.2, -0.15) is 0 Å². The van der Waals surface area contributed by atoms with Crippen LogP contribution in [-0.2, 0) is 13.6 Å². The molecule has 6 nitrogen and oxygen atoms in total. The van der Waals surface area contributed by atoms with E-state index in [-0.39, 0.29) is 0 Å². The van der Waals surface area contributed by atoms with Gasteiger partial charge in [0, 0.05) is 20.1 Å². The SMILES string of the molecule is CN=C(NCc1nnc(C)n1C)NC1CCCC(C)C1. The zero-order valence-electron chi connectivity index (χ0n) is 13.0. The minimum atomic E-state index is 0.534. The van der Waals surface area contributed by atoms with Gasteiger partial charge >= 0.3 is 0 Å². The first-order valence-electron chi connectivity index (χ1n) is 7.42. The molecule has 0 amide bonds. The van der Waals surface area contributed by atoms with Crippen LogP contribution in [0.5, 0.6) is 0 Å². The first kappa shape index (κ1) is 14.8. The predicted octanol–water partition coefficient (Wildman–Crippen LogP) is 1.37. The normalized spacial score (nSPS) is 23.7. The van der Waals surface area contributed by atoms with E-state index < -0.39 is 0 Å². The van der Waals surface area contributed by atoms with Crippen molar-refractivity contribution in [1.29, 1.82) is 0 Å². The third kappa shape index (κ3) is 3.71. The highest BCUT2D eigenvalue weighted by molar-refractivity contribution is 5.79. The Hall–Kier alpha value is -1.59. The molecule has 0 bridgehead atoms. The van der Waals surface area contributed by atoms with Crippen molar-refractivity contribution in [3.63, 3.8) is 0 Å². The molecule has 0 aromatic carbocycles. The fourth-order valence-corrected chi connectivity index (χ4v) is 2.72. The Morgan fingerprint density at radius 3 is 2.80 bits per heavy atom. The van der Waals surface area contributed by atoms with Crippen LogP contribution in [0.15, 0.2) is 4.99 Å². The van der Waals surface area contributed by atoms with Gasteiger partial charge in [0.15, 0.2) is 11.8 Å². The van der Waals surface area contributed by atoms with Crippen LogP contribution in [0.25, 0.3) is 0 Å². The van der Waals surface area contributed by atoms with Crippen LogP contribution in [0.1, 0.15) is 44.3 Å². The standard InChI is InChI=1S/C14H26N6/c1-10-6-5-7-12(8-10)17-14(15-3)16-9-13-19-18-11(2)20(13)4/h10,12H,5-9H2,1-4H3,(H2,15,16,17). The topological polar surface area (TPSA) is 67.1 Å². The summed E-state index contributed by atoms with van der Waals surface area (Å²) in [7, 11) is 3.79. The van der Waals surface area contributed by atoms with Gasteiger partial charge in [-0.25, -0.2) is 0 Å². The fraction of sp³-hybridized carbons (Fsp3) is 0.786. The maximum atomic E-state index is 4.30. The predicted molar refractivity (Wildman–Crippen MR) is 80.5 cm³/mol. The van der Waals surface area contributed by atoms with E-state index in [2.05, 4.69) is 32.7 Å². The van der Waals surface area contributed by atoms with E-state index in [9.17, 15) is 0 Å². The summed E-state index contributed by atoms with van der Waals surface area (Å²) in [6.45, 7) is 4.92. The Labute approximate surface area is 121 Å². The highest BCUT2D eigenvalue weighted by Gasteiger charge is 2.19. The summed E-state index contributed by atoms with van der Waals surface area (Å²) < 4.78 is 1.99. The smallest absolute Gasteiger partial charge is 0.191 e. The van der Waals surface area contributed by atoms with E-state index >= 15 is 0 Å². The quantitative estimate of drug-likeness (QED) is 0.647. The summed E-state index contributed by atoms with van der Waals surface area (Å²) in [5.74, 6) is 3.50. The Balaban J connectivity index is 1.85. The third-order valence-electron chi connectivity index (χ3n) is 4.10. The lowest BCUT2D eigenvalue weighted by molar-refractivity contribution is 0.324. The number of guanidine groups is 1. The molecule has 2 atom stereocenters. The molecule has 0 spiro atoms. The van der Waals surface area contributed by atoms with E-state index in [0.29, 0.717) is 12.6 Å². The minimum Gasteiger partial charge on any atom is -0.354 e. The van der Waals surface area contributed by atoms with Gasteiger partial charge in [0.25, 0.3) is 0 Å². The molecular formula is C14H26N6. The Morgan fingerprint density at radius 2 is 2.20 bits per heavy atom. The largest absolute Gasteiger partial charge is 0.354 e. The molecule has 6 heteroatoms. The average Bonchev–Trinajstić information content (AvgIpc) is 2.75. The van der Waals surface area contributed by atoms with Gasteiger partial charge in [0.1, 0.15) is 5.82 Å².